The third-order valence-electron chi connectivity index (χ3n) is 3.12. The highest BCUT2D eigenvalue weighted by Crippen LogP contribution is 2.23. The molecule has 114 valence electrons. The van der Waals surface area contributed by atoms with E-state index in [0.29, 0.717) is 24.7 Å². The second kappa shape index (κ2) is 7.09. The number of thiophene rings is 1. The van der Waals surface area contributed by atoms with Crippen LogP contribution in [0.2, 0.25) is 4.34 Å². The molecule has 0 saturated heterocycles. The summed E-state index contributed by atoms with van der Waals surface area (Å²) in [5.74, 6) is 0.484. The zero-order valence-corrected chi connectivity index (χ0v) is 14.1. The number of hydrogen-bond acceptors (Lipinski definition) is 3. The quantitative estimate of drug-likeness (QED) is 0.873. The van der Waals surface area contributed by atoms with E-state index in [1.54, 1.807) is 4.90 Å². The lowest BCUT2D eigenvalue weighted by molar-refractivity contribution is 0.0748. The normalized spacial score (nSPS) is 11.1. The predicted octanol–water partition coefficient (Wildman–Crippen LogP) is 3.99. The first-order valence-electron chi connectivity index (χ1n) is 7.07. The third-order valence-corrected chi connectivity index (χ3v) is 4.34. The van der Waals surface area contributed by atoms with Crippen molar-refractivity contribution in [2.45, 2.75) is 33.7 Å². The second-order valence-corrected chi connectivity index (χ2v) is 7.20. The molecule has 0 radical (unpaired) electrons. The van der Waals surface area contributed by atoms with Crippen LogP contribution in [0.4, 0.5) is 0 Å². The van der Waals surface area contributed by atoms with Crippen molar-refractivity contribution in [3.8, 4) is 0 Å². The van der Waals surface area contributed by atoms with Crippen LogP contribution in [-0.4, -0.2) is 27.5 Å². The average Bonchev–Trinajstić information content (AvgIpc) is 3.04. The Hall–Kier alpha value is -1.33. The maximum absolute atomic E-state index is 12.5. The minimum Gasteiger partial charge on any atom is -0.332 e. The van der Waals surface area contributed by atoms with Crippen LogP contribution in [0.3, 0.4) is 0 Å². The highest BCUT2D eigenvalue weighted by Gasteiger charge is 2.18. The fourth-order valence-electron chi connectivity index (χ4n) is 2.13. The summed E-state index contributed by atoms with van der Waals surface area (Å²) < 4.78 is 0.743. The van der Waals surface area contributed by atoms with Crippen molar-refractivity contribution in [1.29, 1.82) is 0 Å². The van der Waals surface area contributed by atoms with E-state index in [-0.39, 0.29) is 5.91 Å². The Balaban J connectivity index is 2.07. The molecule has 0 aliphatic heterocycles. The van der Waals surface area contributed by atoms with Crippen molar-refractivity contribution in [1.82, 2.24) is 15.1 Å². The fraction of sp³-hybridized carbons (Fsp3) is 0.467. The molecule has 0 spiro atoms. The van der Waals surface area contributed by atoms with Gasteiger partial charge in [0.1, 0.15) is 5.69 Å². The van der Waals surface area contributed by atoms with Crippen LogP contribution >= 0.6 is 22.9 Å². The molecule has 4 nitrogen and oxygen atoms in total. The largest absolute Gasteiger partial charge is 0.332 e. The Morgan fingerprint density at radius 2 is 2.24 bits per heavy atom. The highest BCUT2D eigenvalue weighted by molar-refractivity contribution is 7.16. The van der Waals surface area contributed by atoms with Gasteiger partial charge in [-0.1, -0.05) is 25.4 Å². The highest BCUT2D eigenvalue weighted by atomic mass is 35.5. The van der Waals surface area contributed by atoms with Gasteiger partial charge in [0.15, 0.2) is 0 Å². The Morgan fingerprint density at radius 3 is 2.81 bits per heavy atom. The zero-order chi connectivity index (χ0) is 15.4. The molecule has 0 bridgehead atoms. The SMILES string of the molecule is CCN(Cc1ccc(Cl)s1)C(=O)c1cc(CC(C)C)[nH]n1. The molecule has 6 heteroatoms. The number of aromatic nitrogens is 2. The number of nitrogens with one attached hydrogen (secondary N) is 1. The first-order chi connectivity index (χ1) is 9.99. The van der Waals surface area contributed by atoms with Crippen LogP contribution in [0.15, 0.2) is 18.2 Å². The monoisotopic (exact) mass is 325 g/mol. The molecule has 2 aromatic heterocycles. The summed E-state index contributed by atoms with van der Waals surface area (Å²) in [4.78, 5) is 15.4. The van der Waals surface area contributed by atoms with E-state index in [1.807, 2.05) is 25.1 Å². The number of H-pyrrole nitrogens is 1. The lowest BCUT2D eigenvalue weighted by Gasteiger charge is -2.18. The average molecular weight is 326 g/mol. The summed E-state index contributed by atoms with van der Waals surface area (Å²) >= 11 is 7.43. The van der Waals surface area contributed by atoms with Crippen LogP contribution in [-0.2, 0) is 13.0 Å². The van der Waals surface area contributed by atoms with Gasteiger partial charge in [-0.2, -0.15) is 5.10 Å². The van der Waals surface area contributed by atoms with Gasteiger partial charge in [0.2, 0.25) is 0 Å². The first kappa shape index (κ1) is 16.0. The Bertz CT molecular complexity index is 606. The zero-order valence-electron chi connectivity index (χ0n) is 12.5. The van der Waals surface area contributed by atoms with Gasteiger partial charge >= 0.3 is 0 Å². The van der Waals surface area contributed by atoms with E-state index in [0.717, 1.165) is 21.3 Å². The summed E-state index contributed by atoms with van der Waals surface area (Å²) in [5.41, 5.74) is 1.48. The molecule has 2 rings (SSSR count). The molecule has 1 N–H and O–H groups in total. The molecule has 0 unspecified atom stereocenters. The van der Waals surface area contributed by atoms with Crippen molar-refractivity contribution in [3.05, 3.63) is 38.8 Å². The van der Waals surface area contributed by atoms with Gasteiger partial charge in [-0.3, -0.25) is 9.89 Å². The second-order valence-electron chi connectivity index (χ2n) is 5.40. The molecule has 2 heterocycles. The molecule has 2 aromatic rings. The number of nitrogens with zero attached hydrogens (tertiary/aromatic N) is 2. The molecule has 0 atom stereocenters. The van der Waals surface area contributed by atoms with Crippen LogP contribution < -0.4 is 0 Å². The molecule has 21 heavy (non-hydrogen) atoms. The first-order valence-corrected chi connectivity index (χ1v) is 8.26. The van der Waals surface area contributed by atoms with Crippen molar-refractivity contribution >= 4 is 28.8 Å². The maximum atomic E-state index is 12.5. The van der Waals surface area contributed by atoms with E-state index in [9.17, 15) is 4.79 Å². The summed E-state index contributed by atoms with van der Waals surface area (Å²) in [5, 5.41) is 7.09. The molecular formula is C15H20ClN3OS. The van der Waals surface area contributed by atoms with Gasteiger partial charge in [-0.25, -0.2) is 0 Å². The van der Waals surface area contributed by atoms with Gasteiger partial charge < -0.3 is 4.90 Å². The van der Waals surface area contributed by atoms with Gasteiger partial charge in [-0.05, 0) is 37.5 Å². The number of hydrogen-bond donors (Lipinski definition) is 1. The maximum Gasteiger partial charge on any atom is 0.274 e. The Morgan fingerprint density at radius 1 is 1.48 bits per heavy atom. The Kier molecular flexibility index (Phi) is 5.42. The van der Waals surface area contributed by atoms with E-state index in [4.69, 9.17) is 11.6 Å². The topological polar surface area (TPSA) is 49.0 Å². The number of carbonyl (C=O) groups is 1. The van der Waals surface area contributed by atoms with E-state index in [2.05, 4.69) is 24.0 Å². The number of aromatic amines is 1. The smallest absolute Gasteiger partial charge is 0.274 e. The van der Waals surface area contributed by atoms with Crippen molar-refractivity contribution in [2.75, 3.05) is 6.54 Å². The van der Waals surface area contributed by atoms with Crippen molar-refractivity contribution in [3.63, 3.8) is 0 Å². The van der Waals surface area contributed by atoms with Crippen LogP contribution in [0.25, 0.3) is 0 Å². The van der Waals surface area contributed by atoms with Gasteiger partial charge in [0.25, 0.3) is 5.91 Å². The predicted molar refractivity (Wildman–Crippen MR) is 86.9 cm³/mol. The molecule has 1 amide bonds. The van der Waals surface area contributed by atoms with Crippen LogP contribution in [0, 0.1) is 5.92 Å². The number of halogens is 1. The van der Waals surface area contributed by atoms with E-state index in [1.165, 1.54) is 11.3 Å². The molecule has 0 fully saturated rings. The van der Waals surface area contributed by atoms with Crippen LogP contribution in [0.5, 0.6) is 0 Å². The van der Waals surface area contributed by atoms with E-state index >= 15 is 0 Å². The van der Waals surface area contributed by atoms with Crippen molar-refractivity contribution < 1.29 is 4.79 Å². The fourth-order valence-corrected chi connectivity index (χ4v) is 3.23. The van der Waals surface area contributed by atoms with Gasteiger partial charge in [-0.15, -0.1) is 11.3 Å². The molecular weight excluding hydrogens is 306 g/mol. The van der Waals surface area contributed by atoms with Gasteiger partial charge in [0.05, 0.1) is 10.9 Å². The summed E-state index contributed by atoms with van der Waals surface area (Å²) in [6.45, 7) is 7.46. The molecule has 0 aliphatic carbocycles. The van der Waals surface area contributed by atoms with Gasteiger partial charge in [0, 0.05) is 17.1 Å². The number of carbonyl (C=O) groups excluding carboxylic acids is 1. The lowest BCUT2D eigenvalue weighted by Crippen LogP contribution is -2.30. The van der Waals surface area contributed by atoms with E-state index < -0.39 is 0 Å². The summed E-state index contributed by atoms with van der Waals surface area (Å²) in [6.07, 6.45) is 0.896. The molecule has 0 aliphatic rings. The summed E-state index contributed by atoms with van der Waals surface area (Å²) in [7, 11) is 0. The summed E-state index contributed by atoms with van der Waals surface area (Å²) in [6, 6.07) is 5.67. The lowest BCUT2D eigenvalue weighted by atomic mass is 10.1. The minimum absolute atomic E-state index is 0.0479. The third kappa shape index (κ3) is 4.32. The Labute approximate surface area is 134 Å². The molecule has 0 saturated carbocycles. The van der Waals surface area contributed by atoms with Crippen LogP contribution in [0.1, 0.15) is 41.8 Å². The minimum atomic E-state index is -0.0479. The standard InChI is InChI=1S/C15H20ClN3OS/c1-4-19(9-12-5-6-14(16)21-12)15(20)13-8-11(17-18-13)7-10(2)3/h5-6,8,10H,4,7,9H2,1-3H3,(H,17,18). The number of rotatable bonds is 6. The van der Waals surface area contributed by atoms with Crippen molar-refractivity contribution in [2.24, 2.45) is 5.92 Å². The number of amides is 1. The molecule has 0 aromatic carbocycles.